The van der Waals surface area contributed by atoms with Crippen LogP contribution < -0.4 is 4.74 Å². The minimum Gasteiger partial charge on any atom is -0.491 e. The lowest BCUT2D eigenvalue weighted by atomic mass is 10.0. The van der Waals surface area contributed by atoms with Gasteiger partial charge in [0.2, 0.25) is 0 Å². The van der Waals surface area contributed by atoms with Crippen LogP contribution in [0.2, 0.25) is 0 Å². The van der Waals surface area contributed by atoms with Crippen LogP contribution in [0.3, 0.4) is 0 Å². The van der Waals surface area contributed by atoms with Crippen LogP contribution in [0, 0.1) is 0 Å². The predicted octanol–water partition coefficient (Wildman–Crippen LogP) is 5.23. The van der Waals surface area contributed by atoms with Gasteiger partial charge in [-0.25, -0.2) is 0 Å². The van der Waals surface area contributed by atoms with Gasteiger partial charge in [-0.15, -0.1) is 0 Å². The lowest BCUT2D eigenvalue weighted by Crippen LogP contribution is -2.07. The fraction of sp³-hybridized carbons (Fsp3) is 0.188. The van der Waals surface area contributed by atoms with Crippen LogP contribution in [0.4, 0.5) is 0 Å². The standard InChI is InChI=1S/C16H14Br2O2/c1-10(2)20-13-5-3-4-11(8-13)16(19)14-7-6-12(17)9-15(14)18/h3-10H,1-2H3. The highest BCUT2D eigenvalue weighted by Crippen LogP contribution is 2.25. The summed E-state index contributed by atoms with van der Waals surface area (Å²) in [6.45, 7) is 3.92. The van der Waals surface area contributed by atoms with E-state index in [0.717, 1.165) is 8.95 Å². The molecule has 0 aliphatic carbocycles. The molecule has 0 heterocycles. The first-order chi connectivity index (χ1) is 9.47. The van der Waals surface area contributed by atoms with Crippen molar-refractivity contribution in [2.24, 2.45) is 0 Å². The number of hydrogen-bond acceptors (Lipinski definition) is 2. The third kappa shape index (κ3) is 3.70. The molecule has 20 heavy (non-hydrogen) atoms. The lowest BCUT2D eigenvalue weighted by molar-refractivity contribution is 0.103. The third-order valence-corrected chi connectivity index (χ3v) is 3.79. The Kier molecular flexibility index (Phi) is 5.00. The normalized spacial score (nSPS) is 10.7. The second-order valence-electron chi connectivity index (χ2n) is 4.65. The number of hydrogen-bond donors (Lipinski definition) is 0. The first kappa shape index (κ1) is 15.3. The van der Waals surface area contributed by atoms with Crippen molar-refractivity contribution in [3.8, 4) is 5.75 Å². The molecule has 0 atom stereocenters. The molecule has 0 saturated carbocycles. The van der Waals surface area contributed by atoms with Gasteiger partial charge in [-0.05, 0) is 60.1 Å². The minimum absolute atomic E-state index is 0.0291. The highest BCUT2D eigenvalue weighted by Gasteiger charge is 2.13. The maximum absolute atomic E-state index is 12.5. The van der Waals surface area contributed by atoms with Crippen molar-refractivity contribution in [2.45, 2.75) is 20.0 Å². The predicted molar refractivity (Wildman–Crippen MR) is 87.5 cm³/mol. The summed E-state index contributed by atoms with van der Waals surface area (Å²) < 4.78 is 7.32. The molecule has 0 saturated heterocycles. The average Bonchev–Trinajstić information content (AvgIpc) is 2.37. The van der Waals surface area contributed by atoms with Gasteiger partial charge in [0, 0.05) is 20.1 Å². The van der Waals surface area contributed by atoms with E-state index in [4.69, 9.17) is 4.74 Å². The molecule has 0 aromatic heterocycles. The second kappa shape index (κ2) is 6.55. The molecule has 0 amide bonds. The van der Waals surface area contributed by atoms with E-state index in [1.165, 1.54) is 0 Å². The molecule has 4 heteroatoms. The van der Waals surface area contributed by atoms with Crippen molar-refractivity contribution in [2.75, 3.05) is 0 Å². The van der Waals surface area contributed by atoms with Gasteiger partial charge in [0.1, 0.15) is 5.75 Å². The van der Waals surface area contributed by atoms with Gasteiger partial charge < -0.3 is 4.74 Å². The Morgan fingerprint density at radius 3 is 2.50 bits per heavy atom. The molecular weight excluding hydrogens is 384 g/mol. The molecule has 2 aromatic carbocycles. The van der Waals surface area contributed by atoms with Crippen molar-refractivity contribution in [1.82, 2.24) is 0 Å². The van der Waals surface area contributed by atoms with E-state index < -0.39 is 0 Å². The summed E-state index contributed by atoms with van der Waals surface area (Å²) in [7, 11) is 0. The SMILES string of the molecule is CC(C)Oc1cccc(C(=O)c2ccc(Br)cc2Br)c1. The zero-order valence-corrected chi connectivity index (χ0v) is 14.4. The highest BCUT2D eigenvalue weighted by molar-refractivity contribution is 9.11. The molecule has 0 aliphatic heterocycles. The molecule has 0 radical (unpaired) electrons. The van der Waals surface area contributed by atoms with Gasteiger partial charge >= 0.3 is 0 Å². The van der Waals surface area contributed by atoms with Crippen LogP contribution in [0.1, 0.15) is 29.8 Å². The monoisotopic (exact) mass is 396 g/mol. The van der Waals surface area contributed by atoms with Crippen LogP contribution in [0.5, 0.6) is 5.75 Å². The fourth-order valence-corrected chi connectivity index (χ4v) is 3.04. The zero-order valence-electron chi connectivity index (χ0n) is 11.2. The number of carbonyl (C=O) groups excluding carboxylic acids is 1. The van der Waals surface area contributed by atoms with Crippen molar-refractivity contribution in [3.63, 3.8) is 0 Å². The van der Waals surface area contributed by atoms with E-state index in [2.05, 4.69) is 31.9 Å². The number of rotatable bonds is 4. The molecule has 0 fully saturated rings. The van der Waals surface area contributed by atoms with Gasteiger partial charge in [-0.1, -0.05) is 28.1 Å². The summed E-state index contributed by atoms with van der Waals surface area (Å²) in [4.78, 5) is 12.5. The summed E-state index contributed by atoms with van der Waals surface area (Å²) in [5.74, 6) is 0.678. The number of halogens is 2. The van der Waals surface area contributed by atoms with E-state index in [1.807, 2.05) is 38.1 Å². The van der Waals surface area contributed by atoms with Gasteiger partial charge in [-0.2, -0.15) is 0 Å². The minimum atomic E-state index is -0.0291. The Bertz CT molecular complexity index is 636. The summed E-state index contributed by atoms with van der Waals surface area (Å²) in [5, 5.41) is 0. The van der Waals surface area contributed by atoms with Crippen LogP contribution in [-0.4, -0.2) is 11.9 Å². The first-order valence-corrected chi connectivity index (χ1v) is 7.82. The molecule has 0 bridgehead atoms. The smallest absolute Gasteiger partial charge is 0.194 e. The Hall–Kier alpha value is -1.13. The fourth-order valence-electron chi connectivity index (χ4n) is 1.81. The van der Waals surface area contributed by atoms with E-state index in [0.29, 0.717) is 16.9 Å². The van der Waals surface area contributed by atoms with Crippen LogP contribution in [-0.2, 0) is 0 Å². The summed E-state index contributed by atoms with van der Waals surface area (Å²) >= 11 is 6.80. The molecule has 2 nitrogen and oxygen atoms in total. The molecular formula is C16H14Br2O2. The summed E-state index contributed by atoms with van der Waals surface area (Å²) in [6, 6.07) is 12.8. The van der Waals surface area contributed by atoms with Crippen LogP contribution in [0.15, 0.2) is 51.4 Å². The van der Waals surface area contributed by atoms with Gasteiger partial charge in [-0.3, -0.25) is 4.79 Å². The lowest BCUT2D eigenvalue weighted by Gasteiger charge is -2.11. The van der Waals surface area contributed by atoms with Crippen molar-refractivity contribution in [1.29, 1.82) is 0 Å². The maximum Gasteiger partial charge on any atom is 0.194 e. The van der Waals surface area contributed by atoms with Gasteiger partial charge in [0.05, 0.1) is 6.10 Å². The second-order valence-corrected chi connectivity index (χ2v) is 6.42. The van der Waals surface area contributed by atoms with E-state index in [-0.39, 0.29) is 11.9 Å². The number of ketones is 1. The summed E-state index contributed by atoms with van der Waals surface area (Å²) in [5.41, 5.74) is 1.25. The van der Waals surface area contributed by atoms with Crippen LogP contribution in [0.25, 0.3) is 0 Å². The van der Waals surface area contributed by atoms with E-state index in [1.54, 1.807) is 18.2 Å². The first-order valence-electron chi connectivity index (χ1n) is 6.24. The van der Waals surface area contributed by atoms with Crippen molar-refractivity contribution < 1.29 is 9.53 Å². The molecule has 2 rings (SSSR count). The van der Waals surface area contributed by atoms with Crippen molar-refractivity contribution in [3.05, 3.63) is 62.5 Å². The molecule has 0 spiro atoms. The van der Waals surface area contributed by atoms with Crippen molar-refractivity contribution >= 4 is 37.6 Å². The third-order valence-electron chi connectivity index (χ3n) is 2.64. The molecule has 104 valence electrons. The molecule has 0 N–H and O–H groups in total. The Morgan fingerprint density at radius 1 is 1.10 bits per heavy atom. The zero-order chi connectivity index (χ0) is 14.7. The van der Waals surface area contributed by atoms with E-state index >= 15 is 0 Å². The summed E-state index contributed by atoms with van der Waals surface area (Å²) in [6.07, 6.45) is 0.0831. The Balaban J connectivity index is 2.33. The molecule has 0 aliphatic rings. The Morgan fingerprint density at radius 2 is 1.85 bits per heavy atom. The number of benzene rings is 2. The molecule has 2 aromatic rings. The van der Waals surface area contributed by atoms with Crippen LogP contribution >= 0.6 is 31.9 Å². The molecule has 0 unspecified atom stereocenters. The quantitative estimate of drug-likeness (QED) is 0.660. The Labute approximate surface area is 135 Å². The van der Waals surface area contributed by atoms with Gasteiger partial charge in [0.15, 0.2) is 5.78 Å². The number of ether oxygens (including phenoxy) is 1. The topological polar surface area (TPSA) is 26.3 Å². The van der Waals surface area contributed by atoms with Gasteiger partial charge in [0.25, 0.3) is 0 Å². The largest absolute Gasteiger partial charge is 0.491 e. The highest BCUT2D eigenvalue weighted by atomic mass is 79.9. The van der Waals surface area contributed by atoms with E-state index in [9.17, 15) is 4.79 Å². The number of carbonyl (C=O) groups is 1. The average molecular weight is 398 g/mol. The maximum atomic E-state index is 12.5.